The van der Waals surface area contributed by atoms with Crippen molar-refractivity contribution in [1.29, 1.82) is 0 Å². The zero-order valence-corrected chi connectivity index (χ0v) is 14.5. The van der Waals surface area contributed by atoms with E-state index in [-0.39, 0.29) is 5.91 Å². The van der Waals surface area contributed by atoms with E-state index in [2.05, 4.69) is 39.7 Å². The third-order valence-electron chi connectivity index (χ3n) is 3.70. The summed E-state index contributed by atoms with van der Waals surface area (Å²) in [7, 11) is 0. The van der Waals surface area contributed by atoms with Crippen LogP contribution < -0.4 is 10.6 Å². The van der Waals surface area contributed by atoms with Gasteiger partial charge in [0.05, 0.1) is 0 Å². The molecule has 0 aliphatic heterocycles. The molecule has 1 amide bonds. The Labute approximate surface area is 143 Å². The van der Waals surface area contributed by atoms with E-state index in [1.165, 1.54) is 5.56 Å². The molecule has 0 spiro atoms. The van der Waals surface area contributed by atoms with Crippen molar-refractivity contribution in [1.82, 2.24) is 15.3 Å². The summed E-state index contributed by atoms with van der Waals surface area (Å²) in [6.07, 6.45) is 4.16. The summed E-state index contributed by atoms with van der Waals surface area (Å²) in [5, 5.41) is 6.19. The van der Waals surface area contributed by atoms with Crippen LogP contribution in [-0.4, -0.2) is 29.0 Å². The smallest absolute Gasteiger partial charge is 0.270 e. The summed E-state index contributed by atoms with van der Waals surface area (Å²) in [5.41, 5.74) is 1.69. The van der Waals surface area contributed by atoms with Crippen molar-refractivity contribution in [2.24, 2.45) is 0 Å². The molecule has 5 heteroatoms. The Morgan fingerprint density at radius 3 is 2.62 bits per heavy atom. The quantitative estimate of drug-likeness (QED) is 0.693. The fourth-order valence-corrected chi connectivity index (χ4v) is 2.42. The van der Waals surface area contributed by atoms with Crippen LogP contribution >= 0.6 is 0 Å². The second-order valence-electron chi connectivity index (χ2n) is 5.81. The Morgan fingerprint density at radius 2 is 1.88 bits per heavy atom. The zero-order valence-electron chi connectivity index (χ0n) is 14.5. The molecular formula is C19H26N4O. The van der Waals surface area contributed by atoms with Gasteiger partial charge in [-0.05, 0) is 25.3 Å². The molecule has 1 aromatic heterocycles. The summed E-state index contributed by atoms with van der Waals surface area (Å²) in [5.74, 6) is 1.15. The standard InChI is InChI=1S/C19H26N4O/c1-3-4-8-12-21-19(24)17-14-18(23-15(2)22-17)20-13-11-16-9-6-5-7-10-16/h5-7,9-10,14H,3-4,8,11-13H2,1-2H3,(H,21,24)(H,20,22,23). The average molecular weight is 326 g/mol. The molecule has 0 unspecified atom stereocenters. The molecule has 2 rings (SSSR count). The van der Waals surface area contributed by atoms with Gasteiger partial charge in [-0.3, -0.25) is 4.79 Å². The number of nitrogens with one attached hydrogen (secondary N) is 2. The van der Waals surface area contributed by atoms with Crippen LogP contribution in [0.4, 0.5) is 5.82 Å². The second-order valence-corrected chi connectivity index (χ2v) is 5.81. The highest BCUT2D eigenvalue weighted by Crippen LogP contribution is 2.08. The van der Waals surface area contributed by atoms with Crippen LogP contribution in [0, 0.1) is 6.92 Å². The van der Waals surface area contributed by atoms with Crippen LogP contribution in [0.3, 0.4) is 0 Å². The molecule has 0 bridgehead atoms. The molecule has 2 N–H and O–H groups in total. The first kappa shape index (κ1) is 17.9. The maximum Gasteiger partial charge on any atom is 0.270 e. The molecule has 0 atom stereocenters. The molecule has 0 fully saturated rings. The lowest BCUT2D eigenvalue weighted by Gasteiger charge is -2.09. The van der Waals surface area contributed by atoms with E-state index in [0.717, 1.165) is 32.2 Å². The number of benzene rings is 1. The Bertz CT molecular complexity index is 643. The number of carbonyl (C=O) groups excluding carboxylic acids is 1. The SMILES string of the molecule is CCCCCNC(=O)c1cc(NCCc2ccccc2)nc(C)n1. The van der Waals surface area contributed by atoms with Crippen LogP contribution in [0.15, 0.2) is 36.4 Å². The predicted octanol–water partition coefficient (Wildman–Crippen LogP) is 3.36. The molecule has 0 aliphatic carbocycles. The van der Waals surface area contributed by atoms with Gasteiger partial charge in [0.1, 0.15) is 17.3 Å². The average Bonchev–Trinajstić information content (AvgIpc) is 2.59. The van der Waals surface area contributed by atoms with E-state index < -0.39 is 0 Å². The lowest BCUT2D eigenvalue weighted by atomic mass is 10.1. The predicted molar refractivity (Wildman–Crippen MR) is 97.3 cm³/mol. The number of hydrogen-bond donors (Lipinski definition) is 2. The number of amides is 1. The minimum absolute atomic E-state index is 0.136. The third-order valence-corrected chi connectivity index (χ3v) is 3.70. The Morgan fingerprint density at radius 1 is 1.08 bits per heavy atom. The van der Waals surface area contributed by atoms with Crippen molar-refractivity contribution in [3.63, 3.8) is 0 Å². The number of aryl methyl sites for hydroxylation is 1. The monoisotopic (exact) mass is 326 g/mol. The highest BCUT2D eigenvalue weighted by molar-refractivity contribution is 5.92. The van der Waals surface area contributed by atoms with Crippen LogP contribution in [0.2, 0.25) is 0 Å². The van der Waals surface area contributed by atoms with Gasteiger partial charge in [-0.2, -0.15) is 0 Å². The fourth-order valence-electron chi connectivity index (χ4n) is 2.42. The first-order chi connectivity index (χ1) is 11.7. The van der Waals surface area contributed by atoms with Crippen molar-refractivity contribution < 1.29 is 4.79 Å². The summed E-state index contributed by atoms with van der Waals surface area (Å²) < 4.78 is 0. The van der Waals surface area contributed by atoms with Crippen LogP contribution in [0.5, 0.6) is 0 Å². The second kappa shape index (κ2) is 9.65. The van der Waals surface area contributed by atoms with Crippen LogP contribution in [0.25, 0.3) is 0 Å². The summed E-state index contributed by atoms with van der Waals surface area (Å²) in [6, 6.07) is 12.0. The van der Waals surface area contributed by atoms with Gasteiger partial charge < -0.3 is 10.6 Å². The number of hydrogen-bond acceptors (Lipinski definition) is 4. The van der Waals surface area contributed by atoms with Crippen LogP contribution in [-0.2, 0) is 6.42 Å². The largest absolute Gasteiger partial charge is 0.370 e. The van der Waals surface area contributed by atoms with Gasteiger partial charge in [0.15, 0.2) is 0 Å². The number of carbonyl (C=O) groups is 1. The highest BCUT2D eigenvalue weighted by Gasteiger charge is 2.09. The Hall–Kier alpha value is -2.43. The van der Waals surface area contributed by atoms with Crippen molar-refractivity contribution in [3.05, 3.63) is 53.5 Å². The maximum atomic E-state index is 12.2. The van der Waals surface area contributed by atoms with Gasteiger partial charge >= 0.3 is 0 Å². The number of anilines is 1. The lowest BCUT2D eigenvalue weighted by Crippen LogP contribution is -2.26. The molecule has 24 heavy (non-hydrogen) atoms. The fraction of sp³-hybridized carbons (Fsp3) is 0.421. The van der Waals surface area contributed by atoms with Gasteiger partial charge in [-0.15, -0.1) is 0 Å². The zero-order chi connectivity index (χ0) is 17.2. The van der Waals surface area contributed by atoms with Gasteiger partial charge in [0, 0.05) is 19.2 Å². The number of unbranched alkanes of at least 4 members (excludes halogenated alkanes) is 2. The molecular weight excluding hydrogens is 300 g/mol. The highest BCUT2D eigenvalue weighted by atomic mass is 16.1. The Balaban J connectivity index is 1.89. The molecule has 1 aromatic carbocycles. The van der Waals surface area contributed by atoms with Crippen molar-refractivity contribution in [2.75, 3.05) is 18.4 Å². The molecule has 0 saturated heterocycles. The summed E-state index contributed by atoms with van der Waals surface area (Å²) in [6.45, 7) is 5.39. The number of aromatic nitrogens is 2. The molecule has 1 heterocycles. The van der Waals surface area contributed by atoms with Crippen LogP contribution in [0.1, 0.15) is 48.1 Å². The topological polar surface area (TPSA) is 66.9 Å². The lowest BCUT2D eigenvalue weighted by molar-refractivity contribution is 0.0947. The van der Waals surface area contributed by atoms with Crippen molar-refractivity contribution in [3.8, 4) is 0 Å². The third kappa shape index (κ3) is 5.99. The molecule has 0 radical (unpaired) electrons. The summed E-state index contributed by atoms with van der Waals surface area (Å²) in [4.78, 5) is 20.8. The first-order valence-electron chi connectivity index (χ1n) is 8.60. The van der Waals surface area contributed by atoms with E-state index >= 15 is 0 Å². The molecule has 0 saturated carbocycles. The number of rotatable bonds is 9. The summed E-state index contributed by atoms with van der Waals surface area (Å²) >= 11 is 0. The maximum absolute atomic E-state index is 12.2. The van der Waals surface area contributed by atoms with E-state index in [0.29, 0.717) is 23.9 Å². The van der Waals surface area contributed by atoms with E-state index in [4.69, 9.17) is 0 Å². The molecule has 2 aromatic rings. The van der Waals surface area contributed by atoms with Crippen molar-refractivity contribution in [2.45, 2.75) is 39.5 Å². The molecule has 5 nitrogen and oxygen atoms in total. The normalized spacial score (nSPS) is 10.4. The van der Waals surface area contributed by atoms with E-state index in [1.54, 1.807) is 13.0 Å². The van der Waals surface area contributed by atoms with Gasteiger partial charge in [0.25, 0.3) is 5.91 Å². The number of nitrogens with zero attached hydrogens (tertiary/aromatic N) is 2. The van der Waals surface area contributed by atoms with Crippen molar-refractivity contribution >= 4 is 11.7 Å². The minimum Gasteiger partial charge on any atom is -0.370 e. The van der Waals surface area contributed by atoms with Gasteiger partial charge in [0.2, 0.25) is 0 Å². The van der Waals surface area contributed by atoms with E-state index in [9.17, 15) is 4.79 Å². The molecule has 0 aliphatic rings. The van der Waals surface area contributed by atoms with Gasteiger partial charge in [-0.25, -0.2) is 9.97 Å². The van der Waals surface area contributed by atoms with E-state index in [1.807, 2.05) is 18.2 Å². The molecule has 128 valence electrons. The Kier molecular flexibility index (Phi) is 7.21. The van der Waals surface area contributed by atoms with Gasteiger partial charge in [-0.1, -0.05) is 50.1 Å². The minimum atomic E-state index is -0.136. The first-order valence-corrected chi connectivity index (χ1v) is 8.60.